The van der Waals surface area contributed by atoms with Crippen LogP contribution in [0.15, 0.2) is 71.9 Å². The molecule has 5 heteroatoms. The van der Waals surface area contributed by atoms with Gasteiger partial charge in [0.2, 0.25) is 0 Å². The number of methoxy groups -OCH3 is 1. The number of ether oxygens (including phenoxy) is 2. The van der Waals surface area contributed by atoms with Crippen LogP contribution in [0.3, 0.4) is 0 Å². The molecule has 0 aliphatic rings. The summed E-state index contributed by atoms with van der Waals surface area (Å²) in [7, 11) is 1.61. The third-order valence-electron chi connectivity index (χ3n) is 4.40. The van der Waals surface area contributed by atoms with Gasteiger partial charge in [0.1, 0.15) is 23.8 Å². The molecule has 0 radical (unpaired) electrons. The van der Waals surface area contributed by atoms with Crippen LogP contribution in [0.4, 0.5) is 0 Å². The Kier molecular flexibility index (Phi) is 4.19. The summed E-state index contributed by atoms with van der Waals surface area (Å²) >= 11 is 0. The quantitative estimate of drug-likeness (QED) is 0.316. The minimum absolute atomic E-state index is 0.161. The lowest BCUT2D eigenvalue weighted by Gasteiger charge is -2.09. The number of nitrogens with one attached hydrogen (secondary N) is 1. The first-order valence-electron chi connectivity index (χ1n) is 8.27. The Labute approximate surface area is 150 Å². The molecule has 0 aliphatic carbocycles. The van der Waals surface area contributed by atoms with E-state index in [1.165, 1.54) is 5.39 Å². The van der Waals surface area contributed by atoms with Crippen molar-refractivity contribution in [1.29, 1.82) is 0 Å². The van der Waals surface area contributed by atoms with E-state index >= 15 is 0 Å². The van der Waals surface area contributed by atoms with E-state index in [-0.39, 0.29) is 6.61 Å². The van der Waals surface area contributed by atoms with Crippen LogP contribution >= 0.6 is 0 Å². The molecule has 0 unspecified atom stereocenters. The number of nitrogens with zero attached hydrogens (tertiary/aromatic N) is 1. The summed E-state index contributed by atoms with van der Waals surface area (Å²) in [4.78, 5) is 3.39. The zero-order valence-electron chi connectivity index (χ0n) is 14.3. The van der Waals surface area contributed by atoms with Crippen LogP contribution in [-0.4, -0.2) is 29.6 Å². The van der Waals surface area contributed by atoms with Gasteiger partial charge in [0.05, 0.1) is 12.6 Å². The minimum Gasteiger partial charge on any atom is -0.497 e. The second-order valence-electron chi connectivity index (χ2n) is 5.94. The summed E-state index contributed by atoms with van der Waals surface area (Å²) in [5.74, 6) is 1.45. The number of hydrogen-bond donors (Lipinski definition) is 2. The first-order chi connectivity index (χ1) is 12.8. The fourth-order valence-corrected chi connectivity index (χ4v) is 3.03. The molecule has 4 aromatic rings. The predicted octanol–water partition coefficient (Wildman–Crippen LogP) is 4.59. The molecule has 0 aliphatic heterocycles. The first-order valence-corrected chi connectivity index (χ1v) is 8.27. The summed E-state index contributed by atoms with van der Waals surface area (Å²) in [6.07, 6.45) is 0. The van der Waals surface area contributed by atoms with E-state index < -0.39 is 0 Å². The molecule has 0 fully saturated rings. The van der Waals surface area contributed by atoms with Crippen LogP contribution in [0, 0.1) is 0 Å². The van der Waals surface area contributed by atoms with Gasteiger partial charge < -0.3 is 19.7 Å². The van der Waals surface area contributed by atoms with Gasteiger partial charge in [0, 0.05) is 27.9 Å². The Morgan fingerprint density at radius 3 is 2.42 bits per heavy atom. The van der Waals surface area contributed by atoms with Crippen LogP contribution in [-0.2, 0) is 0 Å². The Hall–Kier alpha value is -3.47. The van der Waals surface area contributed by atoms with Crippen LogP contribution in [0.1, 0.15) is 5.56 Å². The van der Waals surface area contributed by atoms with Crippen molar-refractivity contribution in [1.82, 2.24) is 4.98 Å². The number of rotatable bonds is 5. The highest BCUT2D eigenvalue weighted by molar-refractivity contribution is 6.07. The second kappa shape index (κ2) is 6.80. The lowest BCUT2D eigenvalue weighted by molar-refractivity contribution is 0.308. The maximum absolute atomic E-state index is 9.32. The van der Waals surface area contributed by atoms with Crippen LogP contribution < -0.4 is 9.47 Å². The molecule has 0 bridgehead atoms. The number of aromatic amines is 1. The largest absolute Gasteiger partial charge is 0.497 e. The first kappa shape index (κ1) is 16.0. The van der Waals surface area contributed by atoms with Crippen molar-refractivity contribution >= 4 is 27.5 Å². The smallest absolute Gasteiger partial charge is 0.134 e. The monoisotopic (exact) mass is 346 g/mol. The zero-order chi connectivity index (χ0) is 17.9. The lowest BCUT2D eigenvalue weighted by atomic mass is 10.1. The molecule has 0 atom stereocenters. The molecule has 0 saturated heterocycles. The second-order valence-corrected chi connectivity index (χ2v) is 5.94. The highest BCUT2D eigenvalue weighted by atomic mass is 16.5. The Morgan fingerprint density at radius 2 is 1.65 bits per heavy atom. The van der Waals surface area contributed by atoms with Crippen LogP contribution in [0.25, 0.3) is 21.8 Å². The van der Waals surface area contributed by atoms with E-state index in [9.17, 15) is 5.21 Å². The van der Waals surface area contributed by atoms with Gasteiger partial charge in [-0.15, -0.1) is 0 Å². The molecule has 1 heterocycles. The number of fused-ring (bicyclic) bond motifs is 3. The average molecular weight is 346 g/mol. The molecule has 0 saturated carbocycles. The van der Waals surface area contributed by atoms with Gasteiger partial charge in [-0.2, -0.15) is 0 Å². The molecule has 2 N–H and O–H groups in total. The Balaban J connectivity index is 1.55. The fourth-order valence-electron chi connectivity index (χ4n) is 3.03. The molecule has 3 aromatic carbocycles. The van der Waals surface area contributed by atoms with E-state index in [0.717, 1.165) is 27.7 Å². The molecule has 0 spiro atoms. The molecule has 5 nitrogen and oxygen atoms in total. The molecule has 0 amide bonds. The number of hydrogen-bond acceptors (Lipinski definition) is 4. The number of aromatic nitrogens is 1. The molecule has 130 valence electrons. The third-order valence-corrected chi connectivity index (χ3v) is 4.40. The van der Waals surface area contributed by atoms with Gasteiger partial charge in [-0.1, -0.05) is 23.4 Å². The Morgan fingerprint density at radius 1 is 0.923 bits per heavy atom. The third kappa shape index (κ3) is 2.95. The van der Waals surface area contributed by atoms with Crippen molar-refractivity contribution in [3.63, 3.8) is 0 Å². The predicted molar refractivity (Wildman–Crippen MR) is 103 cm³/mol. The SMILES string of the molecule is COc1ccc(/C(COc2ccc3c(c2)[nH]c2ccccc23)=N\O)cc1. The van der Waals surface area contributed by atoms with Gasteiger partial charge >= 0.3 is 0 Å². The van der Waals surface area contributed by atoms with Gasteiger partial charge in [-0.25, -0.2) is 0 Å². The number of para-hydroxylation sites is 1. The average Bonchev–Trinajstić information content (AvgIpc) is 3.06. The van der Waals surface area contributed by atoms with Crippen molar-refractivity contribution in [3.8, 4) is 11.5 Å². The molecule has 4 rings (SSSR count). The molecule has 26 heavy (non-hydrogen) atoms. The van der Waals surface area contributed by atoms with Gasteiger partial charge in [0.25, 0.3) is 0 Å². The summed E-state index contributed by atoms with van der Waals surface area (Å²) in [6.45, 7) is 0.161. The summed E-state index contributed by atoms with van der Waals surface area (Å²) in [6, 6.07) is 21.4. The lowest BCUT2D eigenvalue weighted by Crippen LogP contribution is -2.13. The van der Waals surface area contributed by atoms with Gasteiger partial charge in [-0.3, -0.25) is 0 Å². The summed E-state index contributed by atoms with van der Waals surface area (Å²) < 4.78 is 11.0. The van der Waals surface area contributed by atoms with Crippen molar-refractivity contribution in [2.24, 2.45) is 5.16 Å². The maximum Gasteiger partial charge on any atom is 0.134 e. The van der Waals surface area contributed by atoms with E-state index in [1.54, 1.807) is 7.11 Å². The van der Waals surface area contributed by atoms with Crippen molar-refractivity contribution in [2.75, 3.05) is 13.7 Å². The number of oxime groups is 1. The highest BCUT2D eigenvalue weighted by Crippen LogP contribution is 2.28. The maximum atomic E-state index is 9.32. The standard InChI is InChI=1S/C21H18N2O3/c1-25-15-8-6-14(7-9-15)21(23-24)13-26-16-10-11-18-17-4-2-3-5-19(17)22-20(18)12-16/h2-12,22,24H,13H2,1H3/b23-21-. The van der Waals surface area contributed by atoms with Gasteiger partial charge in [-0.05, 0) is 42.5 Å². The van der Waals surface area contributed by atoms with Crippen molar-refractivity contribution in [2.45, 2.75) is 0 Å². The van der Waals surface area contributed by atoms with E-state index in [4.69, 9.17) is 9.47 Å². The molecular formula is C21H18N2O3. The Bertz CT molecular complexity index is 1080. The van der Waals surface area contributed by atoms with Crippen molar-refractivity contribution < 1.29 is 14.7 Å². The van der Waals surface area contributed by atoms with Crippen LogP contribution in [0.5, 0.6) is 11.5 Å². The highest BCUT2D eigenvalue weighted by Gasteiger charge is 2.08. The van der Waals surface area contributed by atoms with Crippen LogP contribution in [0.2, 0.25) is 0 Å². The van der Waals surface area contributed by atoms with E-state index in [2.05, 4.69) is 22.3 Å². The molecule has 1 aromatic heterocycles. The normalized spacial score (nSPS) is 11.8. The summed E-state index contributed by atoms with van der Waals surface area (Å²) in [5, 5.41) is 15.0. The topological polar surface area (TPSA) is 66.8 Å². The fraction of sp³-hybridized carbons (Fsp3) is 0.0952. The van der Waals surface area contributed by atoms with E-state index in [1.807, 2.05) is 54.6 Å². The summed E-state index contributed by atoms with van der Waals surface area (Å²) in [5.41, 5.74) is 3.33. The number of benzene rings is 3. The number of H-pyrrole nitrogens is 1. The molecular weight excluding hydrogens is 328 g/mol. The minimum atomic E-state index is 0.161. The van der Waals surface area contributed by atoms with Gasteiger partial charge in [0.15, 0.2) is 0 Å². The van der Waals surface area contributed by atoms with Crippen molar-refractivity contribution in [3.05, 3.63) is 72.3 Å². The zero-order valence-corrected chi connectivity index (χ0v) is 14.3. The van der Waals surface area contributed by atoms with E-state index in [0.29, 0.717) is 11.5 Å².